The third-order valence-electron chi connectivity index (χ3n) is 5.21. The maximum absolute atomic E-state index is 12.2. The van der Waals surface area contributed by atoms with Crippen LogP contribution < -0.4 is 5.32 Å². The summed E-state index contributed by atoms with van der Waals surface area (Å²) in [7, 11) is 0. The van der Waals surface area contributed by atoms with Crippen LogP contribution in [0, 0.1) is 24.2 Å². The molecule has 3 aromatic rings. The number of nitrogens with one attached hydrogen (secondary N) is 2. The molecule has 3 aromatic heterocycles. The summed E-state index contributed by atoms with van der Waals surface area (Å²) in [5, 5.41) is 23.6. The van der Waals surface area contributed by atoms with E-state index in [-0.39, 0.29) is 18.4 Å². The Morgan fingerprint density at radius 3 is 3.11 bits per heavy atom. The number of H-pyrrole nitrogens is 1. The number of aromatic nitrogens is 4. The number of amides is 1. The molecular weight excluding hydrogens is 374 g/mol. The standard InChI is InChI=1S/C19H21N7OS/c1-11-5-8-26(16(27)3-6-20)10-15(11)23-17-13-4-7-21-18(13)22-9-14(17)19-25-24-12(2)28-19/h4,7,9,11,15H,3,5,8,10H2,1-2H3,(H2,21,22,23)/t11-,15+/m1/s1. The SMILES string of the molecule is Cc1nnc(-c2cnc3[nH]ccc3c2N[C@H]2CN(C(=O)CC#N)CC[C@H]2C)s1. The van der Waals surface area contributed by atoms with Crippen LogP contribution >= 0.6 is 11.3 Å². The predicted molar refractivity (Wildman–Crippen MR) is 108 cm³/mol. The van der Waals surface area contributed by atoms with Crippen molar-refractivity contribution in [3.05, 3.63) is 23.5 Å². The molecule has 1 amide bonds. The molecule has 1 aliphatic rings. The second-order valence-electron chi connectivity index (χ2n) is 7.10. The number of nitrogens with zero attached hydrogens (tertiary/aromatic N) is 5. The van der Waals surface area contributed by atoms with Crippen molar-refractivity contribution in [3.8, 4) is 16.6 Å². The second-order valence-corrected chi connectivity index (χ2v) is 8.29. The normalized spacial score (nSPS) is 19.5. The van der Waals surface area contributed by atoms with Gasteiger partial charge in [0.25, 0.3) is 0 Å². The Balaban J connectivity index is 1.69. The molecule has 0 unspecified atom stereocenters. The molecule has 4 heterocycles. The van der Waals surface area contributed by atoms with Crippen molar-refractivity contribution in [3.63, 3.8) is 0 Å². The Hall–Kier alpha value is -2.99. The average Bonchev–Trinajstić information content (AvgIpc) is 3.32. The number of hydrogen-bond donors (Lipinski definition) is 2. The first-order valence-corrected chi connectivity index (χ1v) is 10.1. The summed E-state index contributed by atoms with van der Waals surface area (Å²) in [4.78, 5) is 21.7. The number of aryl methyl sites for hydroxylation is 1. The van der Waals surface area contributed by atoms with Crippen LogP contribution in [0.5, 0.6) is 0 Å². The smallest absolute Gasteiger partial charge is 0.236 e. The van der Waals surface area contributed by atoms with Crippen LogP contribution in [-0.2, 0) is 4.79 Å². The number of rotatable bonds is 4. The number of likely N-dealkylation sites (tertiary alicyclic amines) is 1. The molecule has 9 heteroatoms. The molecular formula is C19H21N7OS. The number of aromatic amines is 1. The number of anilines is 1. The summed E-state index contributed by atoms with van der Waals surface area (Å²) in [5.41, 5.74) is 2.66. The van der Waals surface area contributed by atoms with Gasteiger partial charge in [0.2, 0.25) is 5.91 Å². The van der Waals surface area contributed by atoms with Crippen molar-refractivity contribution < 1.29 is 4.79 Å². The van der Waals surface area contributed by atoms with E-state index in [1.54, 1.807) is 4.90 Å². The average molecular weight is 395 g/mol. The van der Waals surface area contributed by atoms with E-state index >= 15 is 0 Å². The molecule has 28 heavy (non-hydrogen) atoms. The van der Waals surface area contributed by atoms with Crippen molar-refractivity contribution in [2.75, 3.05) is 18.4 Å². The van der Waals surface area contributed by atoms with Crippen LogP contribution in [-0.4, -0.2) is 50.1 Å². The van der Waals surface area contributed by atoms with Crippen molar-refractivity contribution in [1.82, 2.24) is 25.1 Å². The molecule has 0 saturated carbocycles. The number of pyridine rings is 1. The molecule has 1 saturated heterocycles. The van der Waals surface area contributed by atoms with Gasteiger partial charge in [-0.2, -0.15) is 5.26 Å². The molecule has 0 bridgehead atoms. The van der Waals surface area contributed by atoms with E-state index in [0.29, 0.717) is 19.0 Å². The van der Waals surface area contributed by atoms with Crippen LogP contribution in [0.25, 0.3) is 21.6 Å². The summed E-state index contributed by atoms with van der Waals surface area (Å²) in [6.07, 6.45) is 4.50. The molecule has 0 spiro atoms. The van der Waals surface area contributed by atoms with Gasteiger partial charge in [0, 0.05) is 36.9 Å². The summed E-state index contributed by atoms with van der Waals surface area (Å²) >= 11 is 1.53. The molecule has 0 aliphatic carbocycles. The van der Waals surface area contributed by atoms with Gasteiger partial charge in [0.15, 0.2) is 5.01 Å². The number of carbonyl (C=O) groups excluding carboxylic acids is 1. The third-order valence-corrected chi connectivity index (χ3v) is 6.09. The molecule has 4 rings (SSSR count). The third kappa shape index (κ3) is 3.43. The van der Waals surface area contributed by atoms with Crippen LogP contribution in [0.2, 0.25) is 0 Å². The fraction of sp³-hybridized carbons (Fsp3) is 0.421. The van der Waals surface area contributed by atoms with E-state index in [9.17, 15) is 4.79 Å². The lowest BCUT2D eigenvalue weighted by Crippen LogP contribution is -2.49. The van der Waals surface area contributed by atoms with E-state index in [1.165, 1.54) is 11.3 Å². The number of carbonyl (C=O) groups is 1. The van der Waals surface area contributed by atoms with Crippen molar-refractivity contribution in [2.45, 2.75) is 32.7 Å². The lowest BCUT2D eigenvalue weighted by Gasteiger charge is -2.38. The van der Waals surface area contributed by atoms with Gasteiger partial charge in [-0.25, -0.2) is 4.98 Å². The van der Waals surface area contributed by atoms with E-state index in [0.717, 1.165) is 38.7 Å². The second kappa shape index (κ2) is 7.56. The summed E-state index contributed by atoms with van der Waals surface area (Å²) < 4.78 is 0. The predicted octanol–water partition coefficient (Wildman–Crippen LogP) is 2.95. The lowest BCUT2D eigenvalue weighted by molar-refractivity contribution is -0.131. The van der Waals surface area contributed by atoms with Crippen LogP contribution in [0.4, 0.5) is 5.69 Å². The minimum Gasteiger partial charge on any atom is -0.379 e. The monoisotopic (exact) mass is 395 g/mol. The van der Waals surface area contributed by atoms with E-state index in [1.807, 2.05) is 31.5 Å². The Morgan fingerprint density at radius 1 is 1.50 bits per heavy atom. The summed E-state index contributed by atoms with van der Waals surface area (Å²) in [5.74, 6) is 0.278. The molecule has 2 atom stereocenters. The first-order valence-electron chi connectivity index (χ1n) is 9.24. The lowest BCUT2D eigenvalue weighted by atomic mass is 9.92. The van der Waals surface area contributed by atoms with Gasteiger partial charge in [-0.1, -0.05) is 18.3 Å². The van der Waals surface area contributed by atoms with Crippen molar-refractivity contribution in [1.29, 1.82) is 5.26 Å². The highest BCUT2D eigenvalue weighted by atomic mass is 32.1. The Bertz CT molecular complexity index is 1050. The van der Waals surface area contributed by atoms with Gasteiger partial charge in [0.1, 0.15) is 17.1 Å². The first-order chi connectivity index (χ1) is 13.6. The Morgan fingerprint density at radius 2 is 2.36 bits per heavy atom. The van der Waals surface area contributed by atoms with E-state index < -0.39 is 0 Å². The topological polar surface area (TPSA) is 111 Å². The van der Waals surface area contributed by atoms with Gasteiger partial charge in [-0.05, 0) is 25.3 Å². The number of fused-ring (bicyclic) bond motifs is 1. The minimum atomic E-state index is -0.109. The van der Waals surface area contributed by atoms with Crippen molar-refractivity contribution in [2.24, 2.45) is 5.92 Å². The first kappa shape index (κ1) is 18.4. The highest BCUT2D eigenvalue weighted by molar-refractivity contribution is 7.14. The Kier molecular flexibility index (Phi) is 4.96. The molecule has 1 aliphatic heterocycles. The zero-order valence-corrected chi connectivity index (χ0v) is 16.6. The molecule has 2 N–H and O–H groups in total. The number of nitriles is 1. The van der Waals surface area contributed by atoms with Crippen molar-refractivity contribution >= 4 is 34.0 Å². The highest BCUT2D eigenvalue weighted by Crippen LogP contribution is 2.36. The molecule has 0 aromatic carbocycles. The van der Waals surface area contributed by atoms with Crippen LogP contribution in [0.1, 0.15) is 24.8 Å². The maximum Gasteiger partial charge on any atom is 0.236 e. The zero-order chi connectivity index (χ0) is 19.7. The minimum absolute atomic E-state index is 0.0738. The maximum atomic E-state index is 12.2. The van der Waals surface area contributed by atoms with Gasteiger partial charge >= 0.3 is 0 Å². The van der Waals surface area contributed by atoms with E-state index in [2.05, 4.69) is 32.4 Å². The van der Waals surface area contributed by atoms with Crippen LogP contribution in [0.3, 0.4) is 0 Å². The Labute approximate surface area is 166 Å². The quantitative estimate of drug-likeness (QED) is 0.703. The zero-order valence-electron chi connectivity index (χ0n) is 15.8. The molecule has 0 radical (unpaired) electrons. The van der Waals surface area contributed by atoms with Crippen LogP contribution in [0.15, 0.2) is 18.5 Å². The fourth-order valence-corrected chi connectivity index (χ4v) is 4.29. The molecule has 1 fully saturated rings. The number of hydrogen-bond acceptors (Lipinski definition) is 7. The van der Waals surface area contributed by atoms with E-state index in [4.69, 9.17) is 5.26 Å². The summed E-state index contributed by atoms with van der Waals surface area (Å²) in [6, 6.07) is 4.02. The van der Waals surface area contributed by atoms with Gasteiger partial charge < -0.3 is 15.2 Å². The van der Waals surface area contributed by atoms with Gasteiger partial charge in [-0.3, -0.25) is 4.79 Å². The van der Waals surface area contributed by atoms with Gasteiger partial charge in [-0.15, -0.1) is 10.2 Å². The summed E-state index contributed by atoms with van der Waals surface area (Å²) in [6.45, 7) is 5.38. The molecule has 8 nitrogen and oxygen atoms in total. The largest absolute Gasteiger partial charge is 0.379 e. The molecule has 144 valence electrons. The van der Waals surface area contributed by atoms with Gasteiger partial charge in [0.05, 0.1) is 17.3 Å². The highest BCUT2D eigenvalue weighted by Gasteiger charge is 2.30. The number of piperidine rings is 1. The fourth-order valence-electron chi connectivity index (χ4n) is 3.58.